The van der Waals surface area contributed by atoms with Gasteiger partial charge in [0.25, 0.3) is 0 Å². The molecule has 1 amide bonds. The molecule has 0 spiro atoms. The molecule has 0 aromatic heterocycles. The summed E-state index contributed by atoms with van der Waals surface area (Å²) in [6.45, 7) is 6.29. The zero-order valence-corrected chi connectivity index (χ0v) is 11.8. The molecule has 0 rings (SSSR count). The van der Waals surface area contributed by atoms with Crippen LogP contribution in [0.2, 0.25) is 0 Å². The number of nitrogens with one attached hydrogen (secondary N) is 1. The molecule has 112 valence electrons. The van der Waals surface area contributed by atoms with Crippen molar-refractivity contribution < 1.29 is 24.2 Å². The molecule has 1 atom stereocenters. The van der Waals surface area contributed by atoms with Crippen LogP contribution in [0.5, 0.6) is 0 Å². The molecule has 7 heteroatoms. The first-order chi connectivity index (χ1) is 8.72. The lowest BCUT2D eigenvalue weighted by Crippen LogP contribution is -2.35. The molecule has 0 aliphatic carbocycles. The maximum absolute atomic E-state index is 11.3. The van der Waals surface area contributed by atoms with E-state index in [4.69, 9.17) is 20.3 Å². The molecule has 0 unspecified atom stereocenters. The first-order valence-electron chi connectivity index (χ1n) is 6.25. The minimum Gasteiger partial charge on any atom is -0.480 e. The number of ether oxygens (including phenoxy) is 2. The van der Waals surface area contributed by atoms with Gasteiger partial charge < -0.3 is 25.6 Å². The van der Waals surface area contributed by atoms with Crippen LogP contribution in [0.1, 0.15) is 33.6 Å². The Morgan fingerprint density at radius 2 is 1.95 bits per heavy atom. The Morgan fingerprint density at radius 3 is 2.47 bits per heavy atom. The van der Waals surface area contributed by atoms with E-state index in [9.17, 15) is 9.59 Å². The fourth-order valence-corrected chi connectivity index (χ4v) is 1.12. The molecular formula is C12H24N2O5. The van der Waals surface area contributed by atoms with Gasteiger partial charge in [-0.2, -0.15) is 0 Å². The van der Waals surface area contributed by atoms with Crippen LogP contribution in [0.25, 0.3) is 0 Å². The number of rotatable bonds is 8. The van der Waals surface area contributed by atoms with E-state index >= 15 is 0 Å². The summed E-state index contributed by atoms with van der Waals surface area (Å²) in [5, 5.41) is 11.1. The summed E-state index contributed by atoms with van der Waals surface area (Å²) in [6, 6.07) is -0.986. The molecule has 0 saturated carbocycles. The van der Waals surface area contributed by atoms with E-state index in [2.05, 4.69) is 5.32 Å². The smallest absolute Gasteiger partial charge is 0.407 e. The molecule has 19 heavy (non-hydrogen) atoms. The van der Waals surface area contributed by atoms with Crippen LogP contribution in [0.3, 0.4) is 0 Å². The van der Waals surface area contributed by atoms with E-state index in [1.54, 1.807) is 20.8 Å². The summed E-state index contributed by atoms with van der Waals surface area (Å²) in [4.78, 5) is 21.7. The predicted octanol–water partition coefficient (Wildman–Crippen LogP) is 0.720. The van der Waals surface area contributed by atoms with Crippen LogP contribution < -0.4 is 11.1 Å². The molecule has 0 aromatic carbocycles. The van der Waals surface area contributed by atoms with E-state index in [-0.39, 0.29) is 6.61 Å². The number of carbonyl (C=O) groups excluding carboxylic acids is 1. The van der Waals surface area contributed by atoms with Crippen molar-refractivity contribution in [3.05, 3.63) is 0 Å². The second-order valence-corrected chi connectivity index (χ2v) is 5.16. The van der Waals surface area contributed by atoms with Crippen molar-refractivity contribution in [3.63, 3.8) is 0 Å². The number of nitrogens with two attached hydrogens (primary N) is 1. The number of carbonyl (C=O) groups is 2. The van der Waals surface area contributed by atoms with Gasteiger partial charge in [-0.1, -0.05) is 0 Å². The monoisotopic (exact) mass is 276 g/mol. The number of unbranched alkanes of at least 4 members (excludes halogenated alkanes) is 1. The van der Waals surface area contributed by atoms with Gasteiger partial charge in [-0.15, -0.1) is 0 Å². The van der Waals surface area contributed by atoms with Gasteiger partial charge in [0, 0.05) is 13.2 Å². The number of carboxylic acid groups (broad SMARTS) is 1. The molecule has 0 saturated heterocycles. The molecular weight excluding hydrogens is 252 g/mol. The van der Waals surface area contributed by atoms with Gasteiger partial charge in [-0.25, -0.2) is 4.79 Å². The quantitative estimate of drug-likeness (QED) is 0.563. The Balaban J connectivity index is 3.41. The minimum absolute atomic E-state index is 0.00513. The van der Waals surface area contributed by atoms with E-state index in [1.165, 1.54) is 0 Å². The van der Waals surface area contributed by atoms with Crippen molar-refractivity contribution in [2.24, 2.45) is 5.73 Å². The molecule has 0 heterocycles. The number of amides is 1. The molecule has 4 N–H and O–H groups in total. The second-order valence-electron chi connectivity index (χ2n) is 5.16. The van der Waals surface area contributed by atoms with Gasteiger partial charge in [-0.3, -0.25) is 4.79 Å². The van der Waals surface area contributed by atoms with Crippen molar-refractivity contribution >= 4 is 12.1 Å². The Morgan fingerprint density at radius 1 is 1.32 bits per heavy atom. The standard InChI is InChI=1S/C12H24N2O5/c1-12(2,3)19-11(17)14-6-4-5-7-18-8-9(13)10(15)16/h9H,4-8,13H2,1-3H3,(H,14,17)(H,15,16)/t9-/m0/s1. The highest BCUT2D eigenvalue weighted by Gasteiger charge is 2.15. The Labute approximate surface area is 113 Å². The van der Waals surface area contributed by atoms with Crippen LogP contribution in [0.4, 0.5) is 4.79 Å². The normalized spacial score (nSPS) is 12.8. The van der Waals surface area contributed by atoms with E-state index in [0.717, 1.165) is 6.42 Å². The van der Waals surface area contributed by atoms with Gasteiger partial charge in [0.15, 0.2) is 0 Å². The number of hydrogen-bond donors (Lipinski definition) is 3. The third kappa shape index (κ3) is 11.5. The van der Waals surface area contributed by atoms with Gasteiger partial charge in [0.2, 0.25) is 0 Å². The van der Waals surface area contributed by atoms with Crippen LogP contribution in [0.15, 0.2) is 0 Å². The molecule has 0 bridgehead atoms. The summed E-state index contributed by atoms with van der Waals surface area (Å²) in [6.07, 6.45) is 0.991. The van der Waals surface area contributed by atoms with Crippen molar-refractivity contribution in [1.82, 2.24) is 5.32 Å². The van der Waals surface area contributed by atoms with Gasteiger partial charge in [0.1, 0.15) is 11.6 Å². The highest BCUT2D eigenvalue weighted by Crippen LogP contribution is 2.06. The first-order valence-corrected chi connectivity index (χ1v) is 6.25. The largest absolute Gasteiger partial charge is 0.480 e. The zero-order chi connectivity index (χ0) is 14.9. The highest BCUT2D eigenvalue weighted by atomic mass is 16.6. The molecule has 0 radical (unpaired) electrons. The zero-order valence-electron chi connectivity index (χ0n) is 11.8. The van der Waals surface area contributed by atoms with E-state index in [1.807, 2.05) is 0 Å². The third-order valence-electron chi connectivity index (χ3n) is 2.00. The van der Waals surface area contributed by atoms with Gasteiger partial charge in [0.05, 0.1) is 6.61 Å². The van der Waals surface area contributed by atoms with Gasteiger partial charge >= 0.3 is 12.1 Å². The van der Waals surface area contributed by atoms with Crippen LogP contribution in [-0.4, -0.2) is 48.6 Å². The lowest BCUT2D eigenvalue weighted by molar-refractivity contribution is -0.140. The van der Waals surface area contributed by atoms with Crippen LogP contribution in [-0.2, 0) is 14.3 Å². The summed E-state index contributed by atoms with van der Waals surface area (Å²) in [7, 11) is 0. The number of hydrogen-bond acceptors (Lipinski definition) is 5. The topological polar surface area (TPSA) is 111 Å². The van der Waals surface area contributed by atoms with E-state index < -0.39 is 23.7 Å². The summed E-state index contributed by atoms with van der Waals surface area (Å²) >= 11 is 0. The fourth-order valence-electron chi connectivity index (χ4n) is 1.12. The van der Waals surface area contributed by atoms with Crippen LogP contribution in [0, 0.1) is 0 Å². The van der Waals surface area contributed by atoms with Crippen molar-refractivity contribution in [2.75, 3.05) is 19.8 Å². The summed E-state index contributed by atoms with van der Waals surface area (Å²) in [5.74, 6) is -1.08. The predicted molar refractivity (Wildman–Crippen MR) is 69.9 cm³/mol. The second kappa shape index (κ2) is 8.71. The highest BCUT2D eigenvalue weighted by molar-refractivity contribution is 5.73. The Kier molecular flexibility index (Phi) is 8.09. The molecule has 0 aliphatic heterocycles. The molecule has 0 aliphatic rings. The Hall–Kier alpha value is -1.34. The molecule has 0 aromatic rings. The van der Waals surface area contributed by atoms with Gasteiger partial charge in [-0.05, 0) is 33.6 Å². The number of alkyl carbamates (subject to hydrolysis) is 1. The van der Waals surface area contributed by atoms with E-state index in [0.29, 0.717) is 19.6 Å². The molecule has 0 fully saturated rings. The lowest BCUT2D eigenvalue weighted by Gasteiger charge is -2.19. The number of carboxylic acids is 1. The SMILES string of the molecule is CC(C)(C)OC(=O)NCCCCOC[C@H](N)C(=O)O. The van der Waals surface area contributed by atoms with Crippen molar-refractivity contribution in [3.8, 4) is 0 Å². The number of aliphatic carboxylic acids is 1. The van der Waals surface area contributed by atoms with Crippen molar-refractivity contribution in [1.29, 1.82) is 0 Å². The molecule has 7 nitrogen and oxygen atoms in total. The summed E-state index contributed by atoms with van der Waals surface area (Å²) in [5.41, 5.74) is 4.76. The average molecular weight is 276 g/mol. The minimum atomic E-state index is -1.08. The maximum atomic E-state index is 11.3. The third-order valence-corrected chi connectivity index (χ3v) is 2.00. The average Bonchev–Trinajstić information content (AvgIpc) is 2.24. The van der Waals surface area contributed by atoms with Crippen LogP contribution >= 0.6 is 0 Å². The lowest BCUT2D eigenvalue weighted by atomic mass is 10.2. The fraction of sp³-hybridized carbons (Fsp3) is 0.833. The van der Waals surface area contributed by atoms with Crippen molar-refractivity contribution in [2.45, 2.75) is 45.3 Å². The first kappa shape index (κ1) is 17.7. The summed E-state index contributed by atoms with van der Waals surface area (Å²) < 4.78 is 10.2. The maximum Gasteiger partial charge on any atom is 0.407 e. The Bertz CT molecular complexity index is 288.